The van der Waals surface area contributed by atoms with Crippen LogP contribution in [0.4, 0.5) is 11.8 Å². The second-order valence-electron chi connectivity index (χ2n) is 8.12. The van der Waals surface area contributed by atoms with E-state index >= 15 is 0 Å². The first-order chi connectivity index (χ1) is 14.9. The lowest BCUT2D eigenvalue weighted by atomic mass is 10.3. The normalized spacial score (nSPS) is 18.3. The van der Waals surface area contributed by atoms with E-state index in [4.69, 9.17) is 4.98 Å². The van der Waals surface area contributed by atoms with E-state index in [1.165, 1.54) is 24.2 Å². The van der Waals surface area contributed by atoms with Gasteiger partial charge in [-0.15, -0.1) is 11.3 Å². The summed E-state index contributed by atoms with van der Waals surface area (Å²) in [6.07, 6.45) is 2.39. The van der Waals surface area contributed by atoms with Crippen LogP contribution in [-0.2, 0) is 10.0 Å². The minimum absolute atomic E-state index is 0.334. The van der Waals surface area contributed by atoms with E-state index in [0.717, 1.165) is 39.8 Å². The fourth-order valence-corrected chi connectivity index (χ4v) is 6.63. The molecule has 0 saturated carbocycles. The van der Waals surface area contributed by atoms with Crippen LogP contribution >= 0.6 is 11.3 Å². The molecule has 4 heterocycles. The molecule has 5 rings (SSSR count). The number of sulfonamides is 1. The number of anilines is 2. The summed E-state index contributed by atoms with van der Waals surface area (Å²) in [4.78, 5) is 18.6. The van der Waals surface area contributed by atoms with Crippen LogP contribution in [0.2, 0.25) is 0 Å². The number of aromatic nitrogens is 3. The van der Waals surface area contributed by atoms with Crippen molar-refractivity contribution in [1.29, 1.82) is 0 Å². The van der Waals surface area contributed by atoms with Gasteiger partial charge in [-0.3, -0.25) is 0 Å². The zero-order valence-electron chi connectivity index (χ0n) is 17.8. The molecule has 3 aromatic rings. The number of aryl methyl sites for hydroxylation is 2. The van der Waals surface area contributed by atoms with Crippen LogP contribution in [0.3, 0.4) is 0 Å². The van der Waals surface area contributed by atoms with Crippen molar-refractivity contribution in [2.45, 2.75) is 31.6 Å². The molecule has 0 unspecified atom stereocenters. The monoisotopic (exact) mass is 458 g/mol. The number of piperazine rings is 1. The smallest absolute Gasteiger partial charge is 0.243 e. The van der Waals surface area contributed by atoms with Gasteiger partial charge in [-0.25, -0.2) is 18.4 Å². The predicted octanol–water partition coefficient (Wildman–Crippen LogP) is 2.81. The molecule has 2 aliphatic rings. The molecule has 8 nitrogen and oxygen atoms in total. The van der Waals surface area contributed by atoms with Crippen LogP contribution in [0, 0.1) is 13.8 Å². The first kappa shape index (κ1) is 20.6. The SMILES string of the molecule is Cc1cc(N2CCCC2)nc(N2CCN(S(=O)(=O)c3ccc4nc(C)sc4c3)CC2)n1. The quantitative estimate of drug-likeness (QED) is 0.594. The first-order valence-corrected chi connectivity index (χ1v) is 12.9. The van der Waals surface area contributed by atoms with Gasteiger partial charge in [0.1, 0.15) is 5.82 Å². The third-order valence-electron chi connectivity index (χ3n) is 5.89. The van der Waals surface area contributed by atoms with Crippen LogP contribution in [0.5, 0.6) is 0 Å². The molecule has 0 aliphatic carbocycles. The summed E-state index contributed by atoms with van der Waals surface area (Å²) in [7, 11) is -3.54. The Kier molecular flexibility index (Phi) is 5.31. The molecule has 0 radical (unpaired) electrons. The number of hydrogen-bond donors (Lipinski definition) is 0. The summed E-state index contributed by atoms with van der Waals surface area (Å²) < 4.78 is 28.9. The maximum absolute atomic E-state index is 13.2. The Hall–Kier alpha value is -2.30. The molecule has 31 heavy (non-hydrogen) atoms. The van der Waals surface area contributed by atoms with Crippen LogP contribution in [-0.4, -0.2) is 66.9 Å². The van der Waals surface area contributed by atoms with Gasteiger partial charge < -0.3 is 9.80 Å². The van der Waals surface area contributed by atoms with E-state index in [9.17, 15) is 8.42 Å². The van der Waals surface area contributed by atoms with Crippen LogP contribution in [0.25, 0.3) is 10.2 Å². The van der Waals surface area contributed by atoms with Gasteiger partial charge in [0, 0.05) is 51.0 Å². The molecular weight excluding hydrogens is 432 g/mol. The molecule has 10 heteroatoms. The molecule has 2 aliphatic heterocycles. The minimum atomic E-state index is -3.54. The Bertz CT molecular complexity index is 1210. The van der Waals surface area contributed by atoms with E-state index in [-0.39, 0.29) is 0 Å². The molecule has 0 bridgehead atoms. The third-order valence-corrected chi connectivity index (χ3v) is 8.71. The van der Waals surface area contributed by atoms with Crippen molar-refractivity contribution in [2.75, 3.05) is 49.1 Å². The summed E-state index contributed by atoms with van der Waals surface area (Å²) in [6.45, 7) is 7.96. The van der Waals surface area contributed by atoms with Gasteiger partial charge in [0.05, 0.1) is 20.1 Å². The fourth-order valence-electron chi connectivity index (χ4n) is 4.24. The average Bonchev–Trinajstić information content (AvgIpc) is 3.42. The van der Waals surface area contributed by atoms with Crippen LogP contribution in [0.1, 0.15) is 23.5 Å². The second-order valence-corrected chi connectivity index (χ2v) is 11.3. The summed E-state index contributed by atoms with van der Waals surface area (Å²) in [6, 6.07) is 7.23. The van der Waals surface area contributed by atoms with Crippen molar-refractivity contribution in [2.24, 2.45) is 0 Å². The van der Waals surface area contributed by atoms with Gasteiger partial charge in [-0.05, 0) is 44.9 Å². The highest BCUT2D eigenvalue weighted by molar-refractivity contribution is 7.89. The van der Waals surface area contributed by atoms with E-state index in [1.807, 2.05) is 19.9 Å². The second kappa shape index (κ2) is 7.99. The Morgan fingerprint density at radius 3 is 2.35 bits per heavy atom. The maximum Gasteiger partial charge on any atom is 0.243 e. The van der Waals surface area contributed by atoms with Crippen molar-refractivity contribution < 1.29 is 8.42 Å². The number of rotatable bonds is 4. The molecule has 0 spiro atoms. The highest BCUT2D eigenvalue weighted by atomic mass is 32.2. The molecule has 0 atom stereocenters. The lowest BCUT2D eigenvalue weighted by molar-refractivity contribution is 0.382. The Labute approximate surface area is 186 Å². The van der Waals surface area contributed by atoms with Crippen molar-refractivity contribution in [3.8, 4) is 0 Å². The average molecular weight is 459 g/mol. The standard InChI is InChI=1S/C21H26N6O2S2/c1-15-13-20(25-7-3-4-8-25)24-21(22-15)26-9-11-27(12-10-26)31(28,29)17-5-6-18-19(14-17)30-16(2)23-18/h5-6,13-14H,3-4,7-12H2,1-2H3. The summed E-state index contributed by atoms with van der Waals surface area (Å²) in [5, 5.41) is 0.935. The van der Waals surface area contributed by atoms with Crippen molar-refractivity contribution in [3.63, 3.8) is 0 Å². The topological polar surface area (TPSA) is 82.5 Å². The van der Waals surface area contributed by atoms with E-state index in [2.05, 4.69) is 19.8 Å². The lowest BCUT2D eigenvalue weighted by Crippen LogP contribution is -2.49. The Balaban J connectivity index is 1.32. The molecular formula is C21H26N6O2S2. The van der Waals surface area contributed by atoms with Crippen molar-refractivity contribution >= 4 is 43.3 Å². The number of fused-ring (bicyclic) bond motifs is 1. The predicted molar refractivity (Wildman–Crippen MR) is 124 cm³/mol. The van der Waals surface area contributed by atoms with Gasteiger partial charge in [0.25, 0.3) is 0 Å². The van der Waals surface area contributed by atoms with Gasteiger partial charge in [-0.2, -0.15) is 9.29 Å². The molecule has 2 saturated heterocycles. The Morgan fingerprint density at radius 2 is 1.61 bits per heavy atom. The summed E-state index contributed by atoms with van der Waals surface area (Å²) in [5.41, 5.74) is 1.78. The lowest BCUT2D eigenvalue weighted by Gasteiger charge is -2.34. The summed E-state index contributed by atoms with van der Waals surface area (Å²) >= 11 is 1.52. The van der Waals surface area contributed by atoms with Crippen molar-refractivity contribution in [1.82, 2.24) is 19.3 Å². The third kappa shape index (κ3) is 3.99. The molecule has 164 valence electrons. The van der Waals surface area contributed by atoms with E-state index in [0.29, 0.717) is 37.0 Å². The Morgan fingerprint density at radius 1 is 0.871 bits per heavy atom. The zero-order valence-corrected chi connectivity index (χ0v) is 19.4. The van der Waals surface area contributed by atoms with Gasteiger partial charge in [0.2, 0.25) is 16.0 Å². The van der Waals surface area contributed by atoms with Gasteiger partial charge in [-0.1, -0.05) is 0 Å². The van der Waals surface area contributed by atoms with Crippen molar-refractivity contribution in [3.05, 3.63) is 35.0 Å². The number of hydrogen-bond acceptors (Lipinski definition) is 8. The maximum atomic E-state index is 13.2. The largest absolute Gasteiger partial charge is 0.356 e. The number of nitrogens with zero attached hydrogens (tertiary/aromatic N) is 6. The fraction of sp³-hybridized carbons (Fsp3) is 0.476. The summed E-state index contributed by atoms with van der Waals surface area (Å²) in [5.74, 6) is 1.67. The highest BCUT2D eigenvalue weighted by Gasteiger charge is 2.30. The number of thiazole rings is 1. The van der Waals surface area contributed by atoms with E-state index < -0.39 is 10.0 Å². The van der Waals surface area contributed by atoms with Gasteiger partial charge >= 0.3 is 0 Å². The molecule has 0 N–H and O–H groups in total. The molecule has 1 aromatic carbocycles. The highest BCUT2D eigenvalue weighted by Crippen LogP contribution is 2.27. The number of benzene rings is 1. The van der Waals surface area contributed by atoms with Crippen LogP contribution in [0.15, 0.2) is 29.2 Å². The van der Waals surface area contributed by atoms with Crippen LogP contribution < -0.4 is 9.80 Å². The first-order valence-electron chi connectivity index (χ1n) is 10.6. The minimum Gasteiger partial charge on any atom is -0.356 e. The van der Waals surface area contributed by atoms with Gasteiger partial charge in [0.15, 0.2) is 0 Å². The molecule has 2 aromatic heterocycles. The zero-order chi connectivity index (χ0) is 21.6. The molecule has 0 amide bonds. The molecule has 2 fully saturated rings. The van der Waals surface area contributed by atoms with E-state index in [1.54, 1.807) is 22.5 Å².